The van der Waals surface area contributed by atoms with Crippen LogP contribution in [0.25, 0.3) is 0 Å². The van der Waals surface area contributed by atoms with Crippen molar-refractivity contribution in [3.63, 3.8) is 0 Å². The van der Waals surface area contributed by atoms with Crippen LogP contribution >= 0.6 is 15.9 Å². The van der Waals surface area contributed by atoms with Gasteiger partial charge in [-0.25, -0.2) is 4.68 Å². The second kappa shape index (κ2) is 6.54. The number of para-hydroxylation sites is 1. The van der Waals surface area contributed by atoms with E-state index in [2.05, 4.69) is 38.4 Å². The van der Waals surface area contributed by atoms with Gasteiger partial charge >= 0.3 is 0 Å². The van der Waals surface area contributed by atoms with Crippen LogP contribution in [0.15, 0.2) is 65.3 Å². The predicted octanol–water partition coefficient (Wildman–Crippen LogP) is 3.67. The van der Waals surface area contributed by atoms with E-state index in [-0.39, 0.29) is 0 Å². The van der Waals surface area contributed by atoms with Crippen LogP contribution in [0.1, 0.15) is 11.3 Å². The molecule has 5 heteroatoms. The summed E-state index contributed by atoms with van der Waals surface area (Å²) >= 11 is 3.45. The lowest BCUT2D eigenvalue weighted by molar-refractivity contribution is 0.299. The normalized spacial score (nSPS) is 10.5. The van der Waals surface area contributed by atoms with Crippen molar-refractivity contribution in [1.82, 2.24) is 15.0 Å². The molecule has 0 unspecified atom stereocenters. The Kier molecular flexibility index (Phi) is 4.31. The van der Waals surface area contributed by atoms with Crippen molar-refractivity contribution in [2.24, 2.45) is 0 Å². The highest BCUT2D eigenvalue weighted by molar-refractivity contribution is 9.10. The Balaban J connectivity index is 1.62. The molecule has 3 aromatic rings. The van der Waals surface area contributed by atoms with Gasteiger partial charge in [0.25, 0.3) is 0 Å². The first-order valence-corrected chi connectivity index (χ1v) is 7.41. The molecule has 1 heterocycles. The number of aromatic nitrogens is 3. The van der Waals surface area contributed by atoms with Crippen molar-refractivity contribution in [1.29, 1.82) is 0 Å². The summed E-state index contributed by atoms with van der Waals surface area (Å²) in [4.78, 5) is 0. The molecule has 0 radical (unpaired) electrons. The van der Waals surface area contributed by atoms with E-state index < -0.39 is 0 Å². The van der Waals surface area contributed by atoms with Gasteiger partial charge in [0.1, 0.15) is 18.1 Å². The number of halogens is 1. The first-order chi connectivity index (χ1) is 10.3. The number of rotatable bonds is 5. The molecule has 106 valence electrons. The molecule has 3 rings (SSSR count). The van der Waals surface area contributed by atoms with Crippen LogP contribution in [0, 0.1) is 0 Å². The van der Waals surface area contributed by atoms with Crippen molar-refractivity contribution in [3.05, 3.63) is 76.5 Å². The van der Waals surface area contributed by atoms with Gasteiger partial charge in [-0.05, 0) is 33.6 Å². The Morgan fingerprint density at radius 3 is 2.57 bits per heavy atom. The summed E-state index contributed by atoms with van der Waals surface area (Å²) in [6.07, 6.45) is 1.91. The molecular weight excluding hydrogens is 330 g/mol. The van der Waals surface area contributed by atoms with Crippen LogP contribution in [-0.4, -0.2) is 15.0 Å². The minimum absolute atomic E-state index is 0.400. The molecule has 0 bridgehead atoms. The summed E-state index contributed by atoms with van der Waals surface area (Å²) in [6.45, 7) is 1.11. The highest BCUT2D eigenvalue weighted by atomic mass is 79.9. The van der Waals surface area contributed by atoms with Gasteiger partial charge in [-0.1, -0.05) is 47.7 Å². The lowest BCUT2D eigenvalue weighted by Crippen LogP contribution is -2.00. The Bertz CT molecular complexity index is 712. The van der Waals surface area contributed by atoms with Crippen molar-refractivity contribution in [3.8, 4) is 5.75 Å². The Morgan fingerprint density at radius 2 is 1.76 bits per heavy atom. The van der Waals surface area contributed by atoms with Gasteiger partial charge in [0.2, 0.25) is 0 Å². The zero-order valence-electron chi connectivity index (χ0n) is 11.3. The highest BCUT2D eigenvalue weighted by Gasteiger charge is 2.04. The number of hydrogen-bond donors (Lipinski definition) is 0. The largest absolute Gasteiger partial charge is 0.486 e. The van der Waals surface area contributed by atoms with E-state index in [0.29, 0.717) is 13.2 Å². The van der Waals surface area contributed by atoms with Crippen LogP contribution in [0.3, 0.4) is 0 Å². The summed E-state index contributed by atoms with van der Waals surface area (Å²) < 4.78 is 8.47. The van der Waals surface area contributed by atoms with Crippen molar-refractivity contribution >= 4 is 15.9 Å². The summed E-state index contributed by atoms with van der Waals surface area (Å²) in [5, 5.41) is 8.25. The molecule has 0 aliphatic heterocycles. The molecule has 21 heavy (non-hydrogen) atoms. The first kappa shape index (κ1) is 13.8. The second-order valence-corrected chi connectivity index (χ2v) is 5.47. The molecule has 0 amide bonds. The van der Waals surface area contributed by atoms with Gasteiger partial charge < -0.3 is 4.74 Å². The molecule has 0 atom stereocenters. The van der Waals surface area contributed by atoms with Crippen molar-refractivity contribution < 1.29 is 4.74 Å². The summed E-state index contributed by atoms with van der Waals surface area (Å²) in [5.41, 5.74) is 2.00. The maximum atomic E-state index is 5.72. The average molecular weight is 344 g/mol. The quantitative estimate of drug-likeness (QED) is 0.709. The molecule has 0 N–H and O–H groups in total. The Hall–Kier alpha value is -2.14. The number of ether oxygens (including phenoxy) is 1. The SMILES string of the molecule is Brc1ccccc1OCc1cn(Cc2ccccc2)nn1. The number of nitrogens with zero attached hydrogens (tertiary/aromatic N) is 3. The molecule has 0 spiro atoms. The third-order valence-corrected chi connectivity index (χ3v) is 3.64. The summed E-state index contributed by atoms with van der Waals surface area (Å²) in [7, 11) is 0. The monoisotopic (exact) mass is 343 g/mol. The van der Waals surface area contributed by atoms with Gasteiger partial charge in [0.15, 0.2) is 0 Å². The lowest BCUT2D eigenvalue weighted by Gasteiger charge is -2.05. The van der Waals surface area contributed by atoms with Gasteiger partial charge in [-0.15, -0.1) is 5.10 Å². The second-order valence-electron chi connectivity index (χ2n) is 4.61. The lowest BCUT2D eigenvalue weighted by atomic mass is 10.2. The van der Waals surface area contributed by atoms with Crippen molar-refractivity contribution in [2.75, 3.05) is 0 Å². The smallest absolute Gasteiger partial charge is 0.134 e. The van der Waals surface area contributed by atoms with E-state index in [1.807, 2.05) is 53.3 Å². The molecule has 1 aromatic heterocycles. The fraction of sp³-hybridized carbons (Fsp3) is 0.125. The minimum Gasteiger partial charge on any atom is -0.486 e. The van der Waals surface area contributed by atoms with E-state index in [1.54, 1.807) is 0 Å². The number of hydrogen-bond acceptors (Lipinski definition) is 3. The van der Waals surface area contributed by atoms with E-state index in [1.165, 1.54) is 5.56 Å². The van der Waals surface area contributed by atoms with Crippen LogP contribution in [0.5, 0.6) is 5.75 Å². The zero-order valence-corrected chi connectivity index (χ0v) is 12.9. The minimum atomic E-state index is 0.400. The average Bonchev–Trinajstić information content (AvgIpc) is 2.95. The summed E-state index contributed by atoms with van der Waals surface area (Å²) in [5.74, 6) is 0.801. The predicted molar refractivity (Wildman–Crippen MR) is 84.0 cm³/mol. The van der Waals surface area contributed by atoms with Crippen LogP contribution in [0.2, 0.25) is 0 Å². The topological polar surface area (TPSA) is 39.9 Å². The van der Waals surface area contributed by atoms with Gasteiger partial charge in [-0.2, -0.15) is 0 Å². The molecular formula is C16H14BrN3O. The van der Waals surface area contributed by atoms with Crippen LogP contribution in [0.4, 0.5) is 0 Å². The molecule has 0 saturated carbocycles. The van der Waals surface area contributed by atoms with Crippen molar-refractivity contribution in [2.45, 2.75) is 13.2 Å². The zero-order chi connectivity index (χ0) is 14.5. The van der Waals surface area contributed by atoms with E-state index in [9.17, 15) is 0 Å². The van der Waals surface area contributed by atoms with Gasteiger partial charge in [0, 0.05) is 0 Å². The standard InChI is InChI=1S/C16H14BrN3O/c17-15-8-4-5-9-16(15)21-12-14-11-20(19-18-14)10-13-6-2-1-3-7-13/h1-9,11H,10,12H2. The molecule has 2 aromatic carbocycles. The Labute approximate surface area is 131 Å². The highest BCUT2D eigenvalue weighted by Crippen LogP contribution is 2.24. The van der Waals surface area contributed by atoms with E-state index >= 15 is 0 Å². The molecule has 0 saturated heterocycles. The molecule has 4 nitrogen and oxygen atoms in total. The Morgan fingerprint density at radius 1 is 1.00 bits per heavy atom. The molecule has 0 aliphatic rings. The number of benzene rings is 2. The molecule has 0 fully saturated rings. The maximum absolute atomic E-state index is 5.72. The maximum Gasteiger partial charge on any atom is 0.134 e. The summed E-state index contributed by atoms with van der Waals surface area (Å²) in [6, 6.07) is 17.9. The van der Waals surface area contributed by atoms with E-state index in [0.717, 1.165) is 15.9 Å². The first-order valence-electron chi connectivity index (χ1n) is 6.61. The van der Waals surface area contributed by atoms with Crippen LogP contribution in [-0.2, 0) is 13.2 Å². The van der Waals surface area contributed by atoms with Gasteiger partial charge in [0.05, 0.1) is 17.2 Å². The molecule has 0 aliphatic carbocycles. The van der Waals surface area contributed by atoms with Crippen LogP contribution < -0.4 is 4.74 Å². The third-order valence-electron chi connectivity index (χ3n) is 2.99. The van der Waals surface area contributed by atoms with E-state index in [4.69, 9.17) is 4.74 Å². The third kappa shape index (κ3) is 3.70. The fourth-order valence-corrected chi connectivity index (χ4v) is 2.37. The van der Waals surface area contributed by atoms with Gasteiger partial charge in [-0.3, -0.25) is 0 Å². The fourth-order valence-electron chi connectivity index (χ4n) is 1.97.